The zero-order valence-corrected chi connectivity index (χ0v) is 31.1. The van der Waals surface area contributed by atoms with Crippen LogP contribution in [0.4, 0.5) is 0 Å². The Bertz CT molecular complexity index is 1560. The van der Waals surface area contributed by atoms with Crippen LogP contribution in [0.2, 0.25) is 0 Å². The van der Waals surface area contributed by atoms with Crippen LogP contribution in [0.3, 0.4) is 0 Å². The van der Waals surface area contributed by atoms with Crippen LogP contribution in [0.25, 0.3) is 0 Å². The largest absolute Gasteiger partial charge is 0.332 e. The van der Waals surface area contributed by atoms with Gasteiger partial charge in [0.15, 0.2) is 0 Å². The Morgan fingerprint density at radius 2 is 0.851 bits per heavy atom. The van der Waals surface area contributed by atoms with E-state index >= 15 is 0 Å². The molecule has 0 unspecified atom stereocenters. The molecule has 0 atom stereocenters. The van der Waals surface area contributed by atoms with Crippen molar-refractivity contribution in [2.75, 3.05) is 0 Å². The number of carbonyl (C=O) groups excluding carboxylic acids is 2. The molecule has 0 aliphatic carbocycles. The molecule has 0 radical (unpaired) electrons. The number of amides is 2. The molecule has 5 nitrogen and oxygen atoms in total. The van der Waals surface area contributed by atoms with Crippen molar-refractivity contribution in [1.29, 1.82) is 0 Å². The molecule has 5 heteroatoms. The van der Waals surface area contributed by atoms with Crippen LogP contribution in [0.15, 0.2) is 54.6 Å². The van der Waals surface area contributed by atoms with Crippen LogP contribution in [0.5, 0.6) is 0 Å². The molecular weight excluding hydrogens is 578 g/mol. The predicted octanol–water partition coefficient (Wildman–Crippen LogP) is 9.88. The monoisotopic (exact) mass is 637 g/mol. The maximum absolute atomic E-state index is 12.1. The molecule has 2 amide bonds. The maximum atomic E-state index is 12.1. The van der Waals surface area contributed by atoms with Crippen molar-refractivity contribution in [3.05, 3.63) is 105 Å². The summed E-state index contributed by atoms with van der Waals surface area (Å²) >= 11 is 0. The third kappa shape index (κ3) is 8.35. The SMILES string of the molecule is CC(C)c1ccc2c(c1)C(=O)N(C(C)C)C2.CC(C)c1ccc2c(c1)CN(C(C)C)C2.CC(C)c1ccc2c(c1)CN(C(C)C)C2=O. The van der Waals surface area contributed by atoms with E-state index in [1.807, 2.05) is 15.9 Å². The average Bonchev–Trinajstić information content (AvgIpc) is 3.70. The maximum Gasteiger partial charge on any atom is 0.254 e. The lowest BCUT2D eigenvalue weighted by atomic mass is 9.98. The summed E-state index contributed by atoms with van der Waals surface area (Å²) < 4.78 is 0. The number of hydrogen-bond acceptors (Lipinski definition) is 3. The molecule has 47 heavy (non-hydrogen) atoms. The van der Waals surface area contributed by atoms with Crippen molar-refractivity contribution in [2.24, 2.45) is 0 Å². The number of hydrogen-bond donors (Lipinski definition) is 0. The fourth-order valence-corrected chi connectivity index (χ4v) is 6.42. The lowest BCUT2D eigenvalue weighted by Crippen LogP contribution is -2.30. The van der Waals surface area contributed by atoms with Crippen LogP contribution in [0.1, 0.15) is 160 Å². The predicted molar refractivity (Wildman–Crippen MR) is 196 cm³/mol. The van der Waals surface area contributed by atoms with Crippen molar-refractivity contribution >= 4 is 11.8 Å². The summed E-state index contributed by atoms with van der Waals surface area (Å²) in [5.74, 6) is 2.01. The molecule has 0 fully saturated rings. The zero-order chi connectivity index (χ0) is 34.7. The van der Waals surface area contributed by atoms with Crippen LogP contribution in [0, 0.1) is 0 Å². The van der Waals surface area contributed by atoms with Crippen LogP contribution >= 0.6 is 0 Å². The van der Waals surface area contributed by atoms with Gasteiger partial charge in [0.2, 0.25) is 0 Å². The van der Waals surface area contributed by atoms with Gasteiger partial charge in [-0.05, 0) is 110 Å². The van der Waals surface area contributed by atoms with Crippen LogP contribution < -0.4 is 0 Å². The third-order valence-corrected chi connectivity index (χ3v) is 9.88. The molecule has 6 rings (SSSR count). The first kappa shape index (κ1) is 36.4. The first-order valence-electron chi connectivity index (χ1n) is 17.8. The Labute approximate surface area is 285 Å². The Balaban J connectivity index is 0.000000160. The molecule has 3 aromatic carbocycles. The first-order chi connectivity index (χ1) is 22.1. The number of rotatable bonds is 6. The standard InChI is InChI=1S/2C14H19NO.C14H21N/c1-9(2)11-5-6-13-12(7-11)8-15(10(3)4)14(13)16;1-9(2)11-5-6-12-8-15(10(3)4)14(16)13(12)7-11;1-10(2)12-5-6-13-8-15(11(3)4)9-14(13)7-12/h2*5-7,9-10H,8H2,1-4H3;5-7,10-11H,8-9H2,1-4H3. The van der Waals surface area contributed by atoms with E-state index in [-0.39, 0.29) is 23.9 Å². The van der Waals surface area contributed by atoms with Gasteiger partial charge in [-0.3, -0.25) is 14.5 Å². The molecule has 3 aliphatic rings. The summed E-state index contributed by atoms with van der Waals surface area (Å²) in [6.07, 6.45) is 0. The quantitative estimate of drug-likeness (QED) is 0.270. The molecule has 0 spiro atoms. The second kappa shape index (κ2) is 15.2. The molecule has 3 aromatic rings. The second-order valence-corrected chi connectivity index (χ2v) is 15.4. The normalized spacial score (nSPS) is 15.5. The van der Waals surface area contributed by atoms with Gasteiger partial charge in [0.05, 0.1) is 0 Å². The molecule has 3 heterocycles. The number of nitrogens with zero attached hydrogens (tertiary/aromatic N) is 3. The summed E-state index contributed by atoms with van der Waals surface area (Å²) in [6, 6.07) is 20.7. The Morgan fingerprint density at radius 1 is 0.426 bits per heavy atom. The smallest absolute Gasteiger partial charge is 0.254 e. The highest BCUT2D eigenvalue weighted by molar-refractivity contribution is 5.99. The van der Waals surface area contributed by atoms with Crippen LogP contribution in [-0.4, -0.2) is 44.6 Å². The van der Waals surface area contributed by atoms with Crippen molar-refractivity contribution in [3.63, 3.8) is 0 Å². The van der Waals surface area contributed by atoms with Gasteiger partial charge in [-0.25, -0.2) is 0 Å². The molecule has 0 bridgehead atoms. The molecule has 254 valence electrons. The molecule has 0 saturated heterocycles. The van der Waals surface area contributed by atoms with Gasteiger partial charge in [0.25, 0.3) is 11.8 Å². The highest BCUT2D eigenvalue weighted by atomic mass is 16.2. The Kier molecular flexibility index (Phi) is 11.8. The number of fused-ring (bicyclic) bond motifs is 3. The second-order valence-electron chi connectivity index (χ2n) is 15.4. The average molecular weight is 638 g/mol. The van der Waals surface area contributed by atoms with Gasteiger partial charge in [-0.2, -0.15) is 0 Å². The number of carbonyl (C=O) groups is 2. The van der Waals surface area contributed by atoms with Crippen molar-refractivity contribution < 1.29 is 9.59 Å². The van der Waals surface area contributed by atoms with Crippen molar-refractivity contribution in [1.82, 2.24) is 14.7 Å². The van der Waals surface area contributed by atoms with E-state index in [9.17, 15) is 9.59 Å². The highest BCUT2D eigenvalue weighted by Crippen LogP contribution is 2.30. The Hall–Kier alpha value is -3.44. The fraction of sp³-hybridized carbons (Fsp3) is 0.524. The fourth-order valence-electron chi connectivity index (χ4n) is 6.42. The first-order valence-corrected chi connectivity index (χ1v) is 17.8. The minimum absolute atomic E-state index is 0.181. The van der Waals surface area contributed by atoms with E-state index in [0.29, 0.717) is 23.8 Å². The summed E-state index contributed by atoms with van der Waals surface area (Å²) in [5.41, 5.74) is 11.2. The van der Waals surface area contributed by atoms with Gasteiger partial charge in [0, 0.05) is 55.4 Å². The van der Waals surface area contributed by atoms with E-state index in [1.54, 1.807) is 0 Å². The molecule has 3 aliphatic heterocycles. The van der Waals surface area contributed by atoms with Gasteiger partial charge < -0.3 is 9.80 Å². The van der Waals surface area contributed by atoms with Gasteiger partial charge >= 0.3 is 0 Å². The van der Waals surface area contributed by atoms with E-state index in [4.69, 9.17) is 0 Å². The minimum Gasteiger partial charge on any atom is -0.332 e. The van der Waals surface area contributed by atoms with Crippen molar-refractivity contribution in [2.45, 2.75) is 145 Å². The van der Waals surface area contributed by atoms with E-state index in [0.717, 1.165) is 37.3 Å². The van der Waals surface area contributed by atoms with E-state index < -0.39 is 0 Å². The summed E-state index contributed by atoms with van der Waals surface area (Å²) in [7, 11) is 0. The third-order valence-electron chi connectivity index (χ3n) is 9.88. The van der Waals surface area contributed by atoms with E-state index in [1.165, 1.54) is 38.9 Å². The van der Waals surface area contributed by atoms with Crippen molar-refractivity contribution in [3.8, 4) is 0 Å². The topological polar surface area (TPSA) is 43.9 Å². The summed E-state index contributed by atoms with van der Waals surface area (Å²) in [4.78, 5) is 30.6. The molecular formula is C42H59N3O2. The molecule has 0 N–H and O–H groups in total. The van der Waals surface area contributed by atoms with Gasteiger partial charge in [-0.1, -0.05) is 84.0 Å². The lowest BCUT2D eigenvalue weighted by Gasteiger charge is -2.19. The lowest BCUT2D eigenvalue weighted by molar-refractivity contribution is 0.0722. The molecule has 0 saturated carbocycles. The summed E-state index contributed by atoms with van der Waals surface area (Å²) in [6.45, 7) is 29.8. The molecule has 0 aromatic heterocycles. The zero-order valence-electron chi connectivity index (χ0n) is 31.1. The number of benzene rings is 3. The van der Waals surface area contributed by atoms with Gasteiger partial charge in [-0.15, -0.1) is 0 Å². The minimum atomic E-state index is 0.181. The van der Waals surface area contributed by atoms with Gasteiger partial charge in [0.1, 0.15) is 0 Å². The Morgan fingerprint density at radius 3 is 1.36 bits per heavy atom. The van der Waals surface area contributed by atoms with E-state index in [2.05, 4.69) is 137 Å². The summed E-state index contributed by atoms with van der Waals surface area (Å²) in [5, 5.41) is 0. The van der Waals surface area contributed by atoms with Crippen LogP contribution in [-0.2, 0) is 26.2 Å². The highest BCUT2D eigenvalue weighted by Gasteiger charge is 2.30.